The number of hydrogen-bond acceptors (Lipinski definition) is 3. The summed E-state index contributed by atoms with van der Waals surface area (Å²) in [5.74, 6) is -1.34. The molecule has 19 heavy (non-hydrogen) atoms. The Morgan fingerprint density at radius 1 is 1.16 bits per heavy atom. The molecule has 0 aliphatic rings. The van der Waals surface area contributed by atoms with E-state index in [1.807, 2.05) is 0 Å². The molecule has 0 fully saturated rings. The molecule has 0 bridgehead atoms. The van der Waals surface area contributed by atoms with Gasteiger partial charge in [-0.15, -0.1) is 0 Å². The van der Waals surface area contributed by atoms with Gasteiger partial charge in [0.05, 0.1) is 13.2 Å². The van der Waals surface area contributed by atoms with Crippen LogP contribution in [0.4, 0.5) is 18.9 Å². The van der Waals surface area contributed by atoms with Gasteiger partial charge in [0.1, 0.15) is 0 Å². The molecule has 1 aromatic rings. The van der Waals surface area contributed by atoms with Crippen molar-refractivity contribution in [3.8, 4) is 11.5 Å². The number of alkyl halides is 3. The molecule has 0 spiro atoms. The van der Waals surface area contributed by atoms with Gasteiger partial charge >= 0.3 is 12.1 Å². The lowest BCUT2D eigenvalue weighted by atomic mass is 10.2. The Balaban J connectivity index is 2.92. The Kier molecular flexibility index (Phi) is 5.02. The third-order valence-electron chi connectivity index (χ3n) is 2.06. The van der Waals surface area contributed by atoms with E-state index in [9.17, 15) is 18.0 Å². The number of carbonyl (C=O) groups is 1. The molecule has 0 saturated carbocycles. The summed E-state index contributed by atoms with van der Waals surface area (Å²) in [6.45, 7) is 4.23. The molecule has 0 aliphatic carbocycles. The van der Waals surface area contributed by atoms with E-state index in [1.165, 1.54) is 18.2 Å². The number of amides is 1. The fourth-order valence-electron chi connectivity index (χ4n) is 1.33. The van der Waals surface area contributed by atoms with Crippen molar-refractivity contribution in [2.24, 2.45) is 0 Å². The quantitative estimate of drug-likeness (QED) is 0.900. The molecule has 4 nitrogen and oxygen atoms in total. The van der Waals surface area contributed by atoms with E-state index in [2.05, 4.69) is 0 Å². The van der Waals surface area contributed by atoms with Crippen LogP contribution in [0.1, 0.15) is 13.8 Å². The van der Waals surface area contributed by atoms with Crippen LogP contribution in [-0.2, 0) is 4.79 Å². The smallest absolute Gasteiger partial charge is 0.471 e. The molecule has 0 aromatic heterocycles. The first-order valence-electron chi connectivity index (χ1n) is 5.66. The van der Waals surface area contributed by atoms with Gasteiger partial charge in [0.2, 0.25) is 0 Å². The lowest BCUT2D eigenvalue weighted by Crippen LogP contribution is -2.29. The summed E-state index contributed by atoms with van der Waals surface area (Å²) in [6, 6.07) is 4.05. The van der Waals surface area contributed by atoms with Crippen molar-refractivity contribution in [1.29, 1.82) is 0 Å². The molecule has 0 aliphatic heterocycles. The van der Waals surface area contributed by atoms with Crippen molar-refractivity contribution in [3.63, 3.8) is 0 Å². The van der Waals surface area contributed by atoms with E-state index >= 15 is 0 Å². The summed E-state index contributed by atoms with van der Waals surface area (Å²) in [5, 5.41) is 1.75. The lowest BCUT2D eigenvalue weighted by Gasteiger charge is -2.13. The number of benzene rings is 1. The Labute approximate surface area is 108 Å². The largest absolute Gasteiger partial charge is 0.490 e. The molecule has 1 rings (SSSR count). The summed E-state index contributed by atoms with van der Waals surface area (Å²) >= 11 is 0. The van der Waals surface area contributed by atoms with Crippen molar-refractivity contribution in [1.82, 2.24) is 0 Å². The molecule has 0 saturated heterocycles. The Bertz CT molecular complexity index is 446. The van der Waals surface area contributed by atoms with Crippen LogP contribution in [-0.4, -0.2) is 25.3 Å². The second kappa shape index (κ2) is 6.31. The molecule has 0 unspecified atom stereocenters. The van der Waals surface area contributed by atoms with Crippen molar-refractivity contribution in [3.05, 3.63) is 18.2 Å². The summed E-state index contributed by atoms with van der Waals surface area (Å²) in [4.78, 5) is 10.8. The van der Waals surface area contributed by atoms with E-state index in [1.54, 1.807) is 19.2 Å². The van der Waals surface area contributed by atoms with Gasteiger partial charge in [-0.2, -0.15) is 13.2 Å². The molecular formula is C12H14F3NO3. The molecule has 106 valence electrons. The first-order chi connectivity index (χ1) is 8.88. The highest BCUT2D eigenvalue weighted by Gasteiger charge is 2.38. The third-order valence-corrected chi connectivity index (χ3v) is 2.06. The average molecular weight is 277 g/mol. The van der Waals surface area contributed by atoms with Crippen molar-refractivity contribution in [2.45, 2.75) is 20.0 Å². The molecule has 7 heteroatoms. The predicted octanol–water partition coefficient (Wildman–Crippen LogP) is 2.98. The minimum absolute atomic E-state index is 0.00534. The second-order valence-corrected chi connectivity index (χ2v) is 3.48. The standard InChI is InChI=1S/C12H14F3NO3/c1-3-18-9-6-5-8(7-10(9)19-4-2)16-11(17)12(13,14)15/h5-7H,3-4H2,1-2H3,(H,16,17). The van der Waals surface area contributed by atoms with Crippen molar-refractivity contribution in [2.75, 3.05) is 18.5 Å². The number of hydrogen-bond donors (Lipinski definition) is 1. The van der Waals surface area contributed by atoms with Crippen molar-refractivity contribution < 1.29 is 27.4 Å². The van der Waals surface area contributed by atoms with Crippen LogP contribution in [0, 0.1) is 0 Å². The Morgan fingerprint density at radius 2 is 1.74 bits per heavy atom. The predicted molar refractivity (Wildman–Crippen MR) is 63.5 cm³/mol. The summed E-state index contributed by atoms with van der Waals surface area (Å²) in [5.41, 5.74) is -0.00534. The van der Waals surface area contributed by atoms with Crippen LogP contribution in [0.2, 0.25) is 0 Å². The highest BCUT2D eigenvalue weighted by atomic mass is 19.4. The van der Waals surface area contributed by atoms with Gasteiger partial charge in [-0.25, -0.2) is 0 Å². The van der Waals surface area contributed by atoms with Crippen LogP contribution in [0.3, 0.4) is 0 Å². The SMILES string of the molecule is CCOc1ccc(NC(=O)C(F)(F)F)cc1OCC. The fourth-order valence-corrected chi connectivity index (χ4v) is 1.33. The van der Waals surface area contributed by atoms with Gasteiger partial charge < -0.3 is 14.8 Å². The van der Waals surface area contributed by atoms with Gasteiger partial charge in [-0.05, 0) is 26.0 Å². The molecule has 0 radical (unpaired) electrons. The van der Waals surface area contributed by atoms with Crippen molar-refractivity contribution >= 4 is 11.6 Å². The van der Waals surface area contributed by atoms with Gasteiger partial charge in [0.15, 0.2) is 11.5 Å². The second-order valence-electron chi connectivity index (χ2n) is 3.48. The fraction of sp³-hybridized carbons (Fsp3) is 0.417. The molecule has 1 aromatic carbocycles. The van der Waals surface area contributed by atoms with Crippen LogP contribution in [0.5, 0.6) is 11.5 Å². The van der Waals surface area contributed by atoms with E-state index < -0.39 is 12.1 Å². The number of halogens is 3. The van der Waals surface area contributed by atoms with Crippen LogP contribution in [0.15, 0.2) is 18.2 Å². The zero-order chi connectivity index (χ0) is 14.5. The molecule has 1 N–H and O–H groups in total. The maximum absolute atomic E-state index is 12.1. The highest BCUT2D eigenvalue weighted by molar-refractivity contribution is 5.95. The van der Waals surface area contributed by atoms with E-state index in [0.29, 0.717) is 19.0 Å². The number of nitrogens with one attached hydrogen (secondary N) is 1. The number of anilines is 1. The van der Waals surface area contributed by atoms with E-state index in [0.717, 1.165) is 0 Å². The van der Waals surface area contributed by atoms with Gasteiger partial charge in [-0.1, -0.05) is 0 Å². The summed E-state index contributed by atoms with van der Waals surface area (Å²) in [6.07, 6.45) is -4.93. The summed E-state index contributed by atoms with van der Waals surface area (Å²) in [7, 11) is 0. The number of ether oxygens (including phenoxy) is 2. The maximum Gasteiger partial charge on any atom is 0.471 e. The number of carbonyl (C=O) groups excluding carboxylic acids is 1. The Morgan fingerprint density at radius 3 is 2.26 bits per heavy atom. The van der Waals surface area contributed by atoms with Crippen LogP contribution in [0.25, 0.3) is 0 Å². The summed E-state index contributed by atoms with van der Waals surface area (Å²) < 4.78 is 46.8. The average Bonchev–Trinajstić information content (AvgIpc) is 2.32. The molecule has 0 heterocycles. The minimum Gasteiger partial charge on any atom is -0.490 e. The van der Waals surface area contributed by atoms with Gasteiger partial charge in [0.25, 0.3) is 0 Å². The highest BCUT2D eigenvalue weighted by Crippen LogP contribution is 2.31. The first-order valence-corrected chi connectivity index (χ1v) is 5.66. The van der Waals surface area contributed by atoms with Gasteiger partial charge in [0, 0.05) is 11.8 Å². The maximum atomic E-state index is 12.1. The molecule has 0 atom stereocenters. The third kappa shape index (κ3) is 4.35. The zero-order valence-corrected chi connectivity index (χ0v) is 10.5. The molecule has 1 amide bonds. The zero-order valence-electron chi connectivity index (χ0n) is 10.5. The monoisotopic (exact) mass is 277 g/mol. The normalized spacial score (nSPS) is 11.0. The number of rotatable bonds is 5. The first kappa shape index (κ1) is 15.1. The van der Waals surface area contributed by atoms with E-state index in [-0.39, 0.29) is 11.4 Å². The topological polar surface area (TPSA) is 47.6 Å². The minimum atomic E-state index is -4.93. The Hall–Kier alpha value is -1.92. The van der Waals surface area contributed by atoms with E-state index in [4.69, 9.17) is 9.47 Å². The van der Waals surface area contributed by atoms with Crippen LogP contribution >= 0.6 is 0 Å². The lowest BCUT2D eigenvalue weighted by molar-refractivity contribution is -0.167. The van der Waals surface area contributed by atoms with Gasteiger partial charge in [-0.3, -0.25) is 4.79 Å². The molecular weight excluding hydrogens is 263 g/mol. The van der Waals surface area contributed by atoms with Crippen LogP contribution < -0.4 is 14.8 Å².